The molecule has 0 amide bonds. The molecule has 37 heavy (non-hydrogen) atoms. The summed E-state index contributed by atoms with van der Waals surface area (Å²) in [5.41, 5.74) is 3.09. The predicted molar refractivity (Wildman–Crippen MR) is 125 cm³/mol. The number of methoxy groups -OCH3 is 1. The number of aromatic nitrogens is 9. The van der Waals surface area contributed by atoms with E-state index in [-0.39, 0.29) is 5.82 Å². The Balaban J connectivity index is 1.31. The van der Waals surface area contributed by atoms with E-state index in [1.807, 2.05) is 12.1 Å². The van der Waals surface area contributed by atoms with Crippen LogP contribution in [0, 0.1) is 0 Å². The van der Waals surface area contributed by atoms with Crippen LogP contribution in [0.25, 0.3) is 33.9 Å². The Morgan fingerprint density at radius 1 is 1.05 bits per heavy atom. The molecule has 10 nitrogen and oxygen atoms in total. The summed E-state index contributed by atoms with van der Waals surface area (Å²) in [5.74, 6) is 1.40. The maximum atomic E-state index is 13.0. The number of imidazole rings is 1. The van der Waals surface area contributed by atoms with Gasteiger partial charge in [0.15, 0.2) is 22.7 Å². The second kappa shape index (κ2) is 8.61. The van der Waals surface area contributed by atoms with E-state index in [9.17, 15) is 13.2 Å². The highest BCUT2D eigenvalue weighted by Crippen LogP contribution is 2.44. The van der Waals surface area contributed by atoms with E-state index in [1.165, 1.54) is 17.9 Å². The lowest BCUT2D eigenvalue weighted by Gasteiger charge is -2.10. The molecule has 0 bridgehead atoms. The van der Waals surface area contributed by atoms with Crippen molar-refractivity contribution in [1.29, 1.82) is 0 Å². The van der Waals surface area contributed by atoms with E-state index >= 15 is 0 Å². The van der Waals surface area contributed by atoms with Gasteiger partial charge in [-0.25, -0.2) is 29.6 Å². The number of nitrogens with zero attached hydrogens (tertiary/aromatic N) is 9. The van der Waals surface area contributed by atoms with Crippen LogP contribution in [0.3, 0.4) is 0 Å². The molecule has 4 aromatic heterocycles. The van der Waals surface area contributed by atoms with Crippen molar-refractivity contribution in [3.63, 3.8) is 0 Å². The Morgan fingerprint density at radius 3 is 2.51 bits per heavy atom. The first-order chi connectivity index (χ1) is 17.8. The van der Waals surface area contributed by atoms with Crippen molar-refractivity contribution in [1.82, 2.24) is 44.5 Å². The standard InChI is InChI=1S/C24H20F3N9O/c1-35-11-17(24(25,26)27)31-21(35)15-5-3-13(4-6-15)10-36-22-16(33-34-36)9-28-20(32-22)18-19(14-7-8-14)29-12-30-23(18)37-2/h3-6,9,11-12,14H,7-8,10H2,1-2H3. The lowest BCUT2D eigenvalue weighted by Crippen LogP contribution is -2.05. The summed E-state index contributed by atoms with van der Waals surface area (Å²) in [6.07, 6.45) is 1.65. The quantitative estimate of drug-likeness (QED) is 0.339. The molecule has 0 spiro atoms. The Hall–Kier alpha value is -4.42. The highest BCUT2D eigenvalue weighted by atomic mass is 19.4. The monoisotopic (exact) mass is 507 g/mol. The molecule has 1 fully saturated rings. The summed E-state index contributed by atoms with van der Waals surface area (Å²) in [5, 5.41) is 8.39. The predicted octanol–water partition coefficient (Wildman–Crippen LogP) is 4.03. The van der Waals surface area contributed by atoms with Gasteiger partial charge in [-0.2, -0.15) is 13.2 Å². The molecule has 0 aliphatic heterocycles. The number of halogens is 3. The number of aryl methyl sites for hydroxylation is 1. The molecular formula is C24H20F3N9O. The largest absolute Gasteiger partial charge is 0.480 e. The maximum absolute atomic E-state index is 13.0. The fourth-order valence-corrected chi connectivity index (χ4v) is 4.22. The molecule has 188 valence electrons. The molecule has 1 aromatic carbocycles. The number of rotatable bonds is 6. The summed E-state index contributed by atoms with van der Waals surface area (Å²) >= 11 is 0. The van der Waals surface area contributed by atoms with Crippen LogP contribution in [0.5, 0.6) is 5.88 Å². The minimum Gasteiger partial charge on any atom is -0.480 e. The first-order valence-electron chi connectivity index (χ1n) is 11.5. The van der Waals surface area contributed by atoms with Crippen LogP contribution in [-0.4, -0.2) is 51.6 Å². The third kappa shape index (κ3) is 4.26. The van der Waals surface area contributed by atoms with Crippen LogP contribution in [0.15, 0.2) is 43.0 Å². The van der Waals surface area contributed by atoms with Gasteiger partial charge >= 0.3 is 6.18 Å². The first kappa shape index (κ1) is 23.0. The summed E-state index contributed by atoms with van der Waals surface area (Å²) < 4.78 is 47.6. The highest BCUT2D eigenvalue weighted by Gasteiger charge is 2.34. The SMILES string of the molecule is COc1ncnc(C2CC2)c1-c1ncc2nnn(Cc3ccc(-c4nc(C(F)(F)F)cn4C)cc3)c2n1. The Morgan fingerprint density at radius 2 is 1.84 bits per heavy atom. The fraction of sp³-hybridized carbons (Fsp3) is 0.292. The van der Waals surface area contributed by atoms with Crippen LogP contribution in [0.1, 0.15) is 35.7 Å². The molecule has 1 aliphatic rings. The number of hydrogen-bond acceptors (Lipinski definition) is 8. The fourth-order valence-electron chi connectivity index (χ4n) is 4.22. The van der Waals surface area contributed by atoms with Gasteiger partial charge < -0.3 is 9.30 Å². The number of hydrogen-bond donors (Lipinski definition) is 0. The van der Waals surface area contributed by atoms with E-state index in [2.05, 4.69) is 30.2 Å². The zero-order valence-corrected chi connectivity index (χ0v) is 19.8. The maximum Gasteiger partial charge on any atom is 0.434 e. The second-order valence-electron chi connectivity index (χ2n) is 8.82. The molecule has 0 radical (unpaired) electrons. The average molecular weight is 507 g/mol. The smallest absolute Gasteiger partial charge is 0.434 e. The zero-order valence-electron chi connectivity index (χ0n) is 19.8. The molecule has 1 saturated carbocycles. The van der Waals surface area contributed by atoms with Gasteiger partial charge in [0.1, 0.15) is 17.7 Å². The Labute approximate surface area is 208 Å². The molecule has 5 aromatic rings. The third-order valence-corrected chi connectivity index (χ3v) is 6.19. The van der Waals surface area contributed by atoms with Gasteiger partial charge in [-0.15, -0.1) is 5.10 Å². The lowest BCUT2D eigenvalue weighted by molar-refractivity contribution is -0.140. The summed E-state index contributed by atoms with van der Waals surface area (Å²) in [6, 6.07) is 7.08. The number of benzene rings is 1. The van der Waals surface area contributed by atoms with Crippen molar-refractivity contribution in [3.8, 4) is 28.7 Å². The van der Waals surface area contributed by atoms with Crippen LogP contribution in [0.4, 0.5) is 13.2 Å². The van der Waals surface area contributed by atoms with Crippen molar-refractivity contribution in [2.45, 2.75) is 31.5 Å². The topological polar surface area (TPSA) is 109 Å². The summed E-state index contributed by atoms with van der Waals surface area (Å²) in [7, 11) is 3.08. The van der Waals surface area contributed by atoms with Gasteiger partial charge in [0.05, 0.1) is 25.5 Å². The van der Waals surface area contributed by atoms with E-state index in [0.717, 1.165) is 30.3 Å². The second-order valence-corrected chi connectivity index (χ2v) is 8.82. The first-order valence-corrected chi connectivity index (χ1v) is 11.5. The molecule has 13 heteroatoms. The molecule has 0 N–H and O–H groups in total. The minimum absolute atomic E-state index is 0.230. The zero-order chi connectivity index (χ0) is 25.7. The molecule has 6 rings (SSSR count). The van der Waals surface area contributed by atoms with Gasteiger partial charge in [-0.1, -0.05) is 29.5 Å². The molecule has 0 unspecified atom stereocenters. The molecule has 1 aliphatic carbocycles. The van der Waals surface area contributed by atoms with E-state index in [4.69, 9.17) is 9.72 Å². The normalized spacial score (nSPS) is 13.9. The van der Waals surface area contributed by atoms with Gasteiger partial charge in [-0.05, 0) is 18.4 Å². The molecule has 0 atom stereocenters. The van der Waals surface area contributed by atoms with Crippen molar-refractivity contribution in [2.24, 2.45) is 7.05 Å². The summed E-state index contributed by atoms with van der Waals surface area (Å²) in [4.78, 5) is 21.6. The molecule has 0 saturated heterocycles. The van der Waals surface area contributed by atoms with E-state index in [0.29, 0.717) is 46.5 Å². The highest BCUT2D eigenvalue weighted by molar-refractivity contribution is 5.74. The molecule has 4 heterocycles. The van der Waals surface area contributed by atoms with Crippen LogP contribution >= 0.6 is 0 Å². The van der Waals surface area contributed by atoms with Gasteiger partial charge in [0, 0.05) is 24.7 Å². The van der Waals surface area contributed by atoms with Gasteiger partial charge in [0.25, 0.3) is 0 Å². The number of alkyl halides is 3. The summed E-state index contributed by atoms with van der Waals surface area (Å²) in [6.45, 7) is 0.347. The van der Waals surface area contributed by atoms with E-state index < -0.39 is 11.9 Å². The van der Waals surface area contributed by atoms with Crippen molar-refractivity contribution in [2.75, 3.05) is 7.11 Å². The van der Waals surface area contributed by atoms with Crippen molar-refractivity contribution < 1.29 is 17.9 Å². The van der Waals surface area contributed by atoms with Gasteiger partial charge in [-0.3, -0.25) is 0 Å². The minimum atomic E-state index is -4.50. The lowest BCUT2D eigenvalue weighted by atomic mass is 10.1. The third-order valence-electron chi connectivity index (χ3n) is 6.19. The van der Waals surface area contributed by atoms with E-state index in [1.54, 1.807) is 30.1 Å². The van der Waals surface area contributed by atoms with Gasteiger partial charge in [0.2, 0.25) is 5.88 Å². The van der Waals surface area contributed by atoms with Crippen LogP contribution in [-0.2, 0) is 19.8 Å². The number of fused-ring (bicyclic) bond motifs is 1. The molecular weight excluding hydrogens is 487 g/mol. The Bertz CT molecular complexity index is 1600. The Kier molecular flexibility index (Phi) is 5.35. The van der Waals surface area contributed by atoms with Crippen LogP contribution < -0.4 is 4.74 Å². The average Bonchev–Trinajstić information content (AvgIpc) is 3.55. The van der Waals surface area contributed by atoms with Crippen molar-refractivity contribution in [3.05, 3.63) is 59.9 Å². The van der Waals surface area contributed by atoms with Crippen molar-refractivity contribution >= 4 is 11.2 Å². The van der Waals surface area contributed by atoms with Crippen LogP contribution in [0.2, 0.25) is 0 Å². The number of ether oxygens (including phenoxy) is 1.